The largest absolute Gasteiger partial charge is 0.370 e. The predicted molar refractivity (Wildman–Crippen MR) is 135 cm³/mol. The molecule has 3 aromatic rings. The lowest BCUT2D eigenvalue weighted by Crippen LogP contribution is -2.50. The lowest BCUT2D eigenvalue weighted by Gasteiger charge is -2.37. The number of hydrogen-bond donors (Lipinski definition) is 0. The molecule has 0 unspecified atom stereocenters. The Kier molecular flexibility index (Phi) is 6.65. The molecule has 36 heavy (non-hydrogen) atoms. The molecule has 2 aliphatic heterocycles. The third-order valence-corrected chi connectivity index (χ3v) is 8.49. The lowest BCUT2D eigenvalue weighted by atomic mass is 9.88. The number of aromatic nitrogens is 1. The van der Waals surface area contributed by atoms with Gasteiger partial charge in [-0.25, -0.2) is 17.2 Å². The van der Waals surface area contributed by atoms with Gasteiger partial charge in [0.25, 0.3) is 5.91 Å². The standard InChI is InChI=1S/C26H28F2N4O3S/c1-36(34,35)32-14-12-31(13-15-32)26(33)22-17-29-24-7-6-19(27)16-21(24)25(22)30-10-8-18(9-11-30)20-4-2-3-5-23(20)28/h2-7,16-18H,8-15H2,1H3. The summed E-state index contributed by atoms with van der Waals surface area (Å²) in [5.74, 6) is -0.821. The Hall–Kier alpha value is -3.11. The second-order valence-corrected chi connectivity index (χ2v) is 11.4. The Bertz CT molecular complexity index is 1400. The molecule has 0 spiro atoms. The third-order valence-electron chi connectivity index (χ3n) is 7.18. The van der Waals surface area contributed by atoms with Crippen molar-refractivity contribution in [3.8, 4) is 0 Å². The van der Waals surface area contributed by atoms with E-state index in [1.54, 1.807) is 17.0 Å². The number of hydrogen-bond acceptors (Lipinski definition) is 5. The van der Waals surface area contributed by atoms with Gasteiger partial charge in [-0.2, -0.15) is 4.31 Å². The SMILES string of the molecule is CS(=O)(=O)N1CCN(C(=O)c2cnc3ccc(F)cc3c2N2CCC(c3ccccc3F)CC2)CC1. The molecule has 3 heterocycles. The summed E-state index contributed by atoms with van der Waals surface area (Å²) in [5, 5.41) is 0.556. The summed E-state index contributed by atoms with van der Waals surface area (Å²) in [6, 6.07) is 11.1. The smallest absolute Gasteiger partial charge is 0.257 e. The first kappa shape index (κ1) is 24.6. The van der Waals surface area contributed by atoms with Gasteiger partial charge in [0.15, 0.2) is 0 Å². The zero-order valence-electron chi connectivity index (χ0n) is 20.0. The van der Waals surface area contributed by atoms with E-state index in [1.165, 1.54) is 28.7 Å². The molecule has 0 atom stereocenters. The van der Waals surface area contributed by atoms with Crippen LogP contribution in [0.1, 0.15) is 34.7 Å². The maximum atomic E-state index is 14.4. The number of amides is 1. The Balaban J connectivity index is 1.45. The van der Waals surface area contributed by atoms with E-state index in [0.717, 1.165) is 6.26 Å². The zero-order chi connectivity index (χ0) is 25.4. The van der Waals surface area contributed by atoms with Gasteiger partial charge in [0.05, 0.1) is 23.0 Å². The van der Waals surface area contributed by atoms with E-state index in [1.807, 2.05) is 12.1 Å². The van der Waals surface area contributed by atoms with Gasteiger partial charge >= 0.3 is 0 Å². The summed E-state index contributed by atoms with van der Waals surface area (Å²) in [4.78, 5) is 21.7. The highest BCUT2D eigenvalue weighted by molar-refractivity contribution is 7.88. The summed E-state index contributed by atoms with van der Waals surface area (Å²) < 4.78 is 53.8. The number of fused-ring (bicyclic) bond motifs is 1. The highest BCUT2D eigenvalue weighted by atomic mass is 32.2. The third kappa shape index (κ3) is 4.79. The first-order valence-electron chi connectivity index (χ1n) is 12.0. The van der Waals surface area contributed by atoms with Crippen molar-refractivity contribution >= 4 is 32.5 Å². The van der Waals surface area contributed by atoms with Gasteiger partial charge in [-0.3, -0.25) is 9.78 Å². The van der Waals surface area contributed by atoms with Gasteiger partial charge in [-0.1, -0.05) is 18.2 Å². The lowest BCUT2D eigenvalue weighted by molar-refractivity contribution is 0.0698. The molecule has 1 amide bonds. The van der Waals surface area contributed by atoms with Crippen LogP contribution >= 0.6 is 0 Å². The van der Waals surface area contributed by atoms with Crippen molar-refractivity contribution < 1.29 is 22.0 Å². The van der Waals surface area contributed by atoms with E-state index in [2.05, 4.69) is 9.88 Å². The number of anilines is 1. The highest BCUT2D eigenvalue weighted by Crippen LogP contribution is 2.37. The number of piperidine rings is 1. The minimum Gasteiger partial charge on any atom is -0.370 e. The van der Waals surface area contributed by atoms with Crippen LogP contribution in [-0.4, -0.2) is 74.0 Å². The minimum atomic E-state index is -3.32. The number of sulfonamides is 1. The van der Waals surface area contributed by atoms with Crippen LogP contribution in [-0.2, 0) is 10.0 Å². The Morgan fingerprint density at radius 3 is 2.33 bits per heavy atom. The monoisotopic (exact) mass is 514 g/mol. The molecule has 7 nitrogen and oxygen atoms in total. The molecule has 0 N–H and O–H groups in total. The van der Waals surface area contributed by atoms with Crippen LogP contribution in [0.3, 0.4) is 0 Å². The number of carbonyl (C=O) groups is 1. The van der Waals surface area contributed by atoms with E-state index in [4.69, 9.17) is 0 Å². The summed E-state index contributed by atoms with van der Waals surface area (Å²) in [7, 11) is -3.32. The molecule has 10 heteroatoms. The second kappa shape index (κ2) is 9.74. The molecular formula is C26H28F2N4O3S. The van der Waals surface area contributed by atoms with Gasteiger partial charge in [-0.15, -0.1) is 0 Å². The molecule has 5 rings (SSSR count). The fraction of sp³-hybridized carbons (Fsp3) is 0.385. The number of piperazine rings is 1. The maximum Gasteiger partial charge on any atom is 0.257 e. The molecule has 0 radical (unpaired) electrons. The summed E-state index contributed by atoms with van der Waals surface area (Å²) in [5.41, 5.74) is 2.27. The van der Waals surface area contributed by atoms with Gasteiger partial charge in [-0.05, 0) is 48.6 Å². The maximum absolute atomic E-state index is 14.4. The quantitative estimate of drug-likeness (QED) is 0.532. The normalized spacial score (nSPS) is 18.1. The number of halogens is 2. The van der Waals surface area contributed by atoms with Crippen molar-refractivity contribution in [2.75, 3.05) is 50.4 Å². The Morgan fingerprint density at radius 1 is 0.972 bits per heavy atom. The molecule has 190 valence electrons. The van der Waals surface area contributed by atoms with Gasteiger partial charge in [0, 0.05) is 50.9 Å². The molecule has 2 aromatic carbocycles. The molecule has 1 aromatic heterocycles. The summed E-state index contributed by atoms with van der Waals surface area (Å²) in [6.45, 7) is 2.14. The van der Waals surface area contributed by atoms with Crippen molar-refractivity contribution in [3.63, 3.8) is 0 Å². The molecular weight excluding hydrogens is 486 g/mol. The molecule has 2 aliphatic rings. The molecule has 0 aliphatic carbocycles. The minimum absolute atomic E-state index is 0.0653. The average molecular weight is 515 g/mol. The van der Waals surface area contributed by atoms with Crippen LogP contribution in [0.5, 0.6) is 0 Å². The highest BCUT2D eigenvalue weighted by Gasteiger charge is 2.31. The van der Waals surface area contributed by atoms with Crippen LogP contribution in [0.2, 0.25) is 0 Å². The van der Waals surface area contributed by atoms with Crippen LogP contribution in [0, 0.1) is 11.6 Å². The first-order chi connectivity index (χ1) is 17.2. The van der Waals surface area contributed by atoms with E-state index in [9.17, 15) is 22.0 Å². The topological polar surface area (TPSA) is 73.8 Å². The van der Waals surface area contributed by atoms with Crippen LogP contribution in [0.15, 0.2) is 48.7 Å². The van der Waals surface area contributed by atoms with Gasteiger partial charge < -0.3 is 9.80 Å². The van der Waals surface area contributed by atoms with Gasteiger partial charge in [0.2, 0.25) is 10.0 Å². The van der Waals surface area contributed by atoms with Crippen molar-refractivity contribution in [1.29, 1.82) is 0 Å². The summed E-state index contributed by atoms with van der Waals surface area (Å²) in [6.07, 6.45) is 4.08. The average Bonchev–Trinajstić information content (AvgIpc) is 2.87. The molecule has 2 fully saturated rings. The number of carbonyl (C=O) groups excluding carboxylic acids is 1. The van der Waals surface area contributed by atoms with Gasteiger partial charge in [0.1, 0.15) is 11.6 Å². The second-order valence-electron chi connectivity index (χ2n) is 9.42. The summed E-state index contributed by atoms with van der Waals surface area (Å²) >= 11 is 0. The number of benzene rings is 2. The molecule has 2 saturated heterocycles. The predicted octanol–water partition coefficient (Wildman–Crippen LogP) is 3.61. The molecule has 0 bridgehead atoms. The van der Waals surface area contributed by atoms with E-state index >= 15 is 0 Å². The first-order valence-corrected chi connectivity index (χ1v) is 13.9. The zero-order valence-corrected chi connectivity index (χ0v) is 20.8. The Labute approximate surface area is 209 Å². The van der Waals surface area contributed by atoms with E-state index < -0.39 is 15.8 Å². The Morgan fingerprint density at radius 2 is 1.67 bits per heavy atom. The number of pyridine rings is 1. The van der Waals surface area contributed by atoms with E-state index in [-0.39, 0.29) is 43.8 Å². The van der Waals surface area contributed by atoms with Crippen molar-refractivity contribution in [2.24, 2.45) is 0 Å². The van der Waals surface area contributed by atoms with Crippen molar-refractivity contribution in [2.45, 2.75) is 18.8 Å². The molecule has 0 saturated carbocycles. The van der Waals surface area contributed by atoms with Crippen molar-refractivity contribution in [1.82, 2.24) is 14.2 Å². The van der Waals surface area contributed by atoms with Crippen molar-refractivity contribution in [3.05, 3.63) is 71.4 Å². The number of nitrogens with zero attached hydrogens (tertiary/aromatic N) is 4. The van der Waals surface area contributed by atoms with Crippen LogP contribution in [0.25, 0.3) is 10.9 Å². The number of rotatable bonds is 4. The van der Waals surface area contributed by atoms with Crippen LogP contribution in [0.4, 0.5) is 14.5 Å². The fourth-order valence-corrected chi connectivity index (χ4v) is 6.09. The fourth-order valence-electron chi connectivity index (χ4n) is 5.26. The van der Waals surface area contributed by atoms with E-state index in [0.29, 0.717) is 53.6 Å². The van der Waals surface area contributed by atoms with Crippen LogP contribution < -0.4 is 4.90 Å².